The lowest BCUT2D eigenvalue weighted by molar-refractivity contribution is -0.384. The number of carbonyl (C=O) groups excluding carboxylic acids is 2. The third-order valence-corrected chi connectivity index (χ3v) is 5.01. The Hall–Kier alpha value is -3.85. The van der Waals surface area contributed by atoms with Crippen LogP contribution >= 0.6 is 11.3 Å². The van der Waals surface area contributed by atoms with Gasteiger partial charge in [0.2, 0.25) is 5.91 Å². The number of hydrogen-bond donors (Lipinski definition) is 2. The van der Waals surface area contributed by atoms with Gasteiger partial charge in [-0.2, -0.15) is 5.10 Å². The highest BCUT2D eigenvalue weighted by molar-refractivity contribution is 7.12. The second-order valence-electron chi connectivity index (χ2n) is 6.34. The highest BCUT2D eigenvalue weighted by Crippen LogP contribution is 2.16. The van der Waals surface area contributed by atoms with Gasteiger partial charge in [-0.3, -0.25) is 19.7 Å². The maximum absolute atomic E-state index is 12.2. The summed E-state index contributed by atoms with van der Waals surface area (Å²) in [5.74, 6) is -0.529. The van der Waals surface area contributed by atoms with Crippen molar-refractivity contribution in [3.8, 4) is 0 Å². The number of hydrazone groups is 1. The molecule has 0 fully saturated rings. The van der Waals surface area contributed by atoms with Crippen molar-refractivity contribution < 1.29 is 14.5 Å². The molecule has 3 rings (SSSR count). The smallest absolute Gasteiger partial charge is 0.269 e. The largest absolute Gasteiger partial charge is 0.321 e. The van der Waals surface area contributed by atoms with Gasteiger partial charge < -0.3 is 5.32 Å². The third-order valence-electron chi connectivity index (χ3n) is 4.14. The fourth-order valence-corrected chi connectivity index (χ4v) is 3.21. The van der Waals surface area contributed by atoms with Crippen molar-refractivity contribution in [1.29, 1.82) is 0 Å². The maximum Gasteiger partial charge on any atom is 0.269 e. The standard InChI is InChI=1S/C21H18N4O4S/c1-14(23-24-20(26)12-15-7-9-18(10-8-15)25(28)29)16-4-2-5-17(13-16)22-21(27)19-6-3-11-30-19/h2-11,13H,12H2,1H3,(H,22,27)(H,24,26). The number of rotatable bonds is 7. The Bertz CT molecular complexity index is 1090. The van der Waals surface area contributed by atoms with E-state index >= 15 is 0 Å². The summed E-state index contributed by atoms with van der Waals surface area (Å²) in [5, 5.41) is 19.4. The molecule has 0 atom stereocenters. The minimum Gasteiger partial charge on any atom is -0.321 e. The van der Waals surface area contributed by atoms with Gasteiger partial charge >= 0.3 is 0 Å². The number of nitro benzene ring substituents is 1. The first-order valence-corrected chi connectivity index (χ1v) is 9.82. The van der Waals surface area contributed by atoms with Gasteiger partial charge in [0, 0.05) is 17.8 Å². The summed E-state index contributed by atoms with van der Waals surface area (Å²) in [6.07, 6.45) is 0.0473. The number of carbonyl (C=O) groups is 2. The number of hydrogen-bond acceptors (Lipinski definition) is 6. The van der Waals surface area contributed by atoms with Gasteiger partial charge in [0.15, 0.2) is 0 Å². The molecule has 0 bridgehead atoms. The first-order valence-electron chi connectivity index (χ1n) is 8.94. The molecule has 2 N–H and O–H groups in total. The summed E-state index contributed by atoms with van der Waals surface area (Å²) in [5.41, 5.74) is 5.03. The van der Waals surface area contributed by atoms with Crippen molar-refractivity contribution in [2.24, 2.45) is 5.10 Å². The maximum atomic E-state index is 12.2. The second-order valence-corrected chi connectivity index (χ2v) is 7.29. The van der Waals surface area contributed by atoms with Crippen LogP contribution in [-0.2, 0) is 11.2 Å². The van der Waals surface area contributed by atoms with Crippen molar-refractivity contribution in [3.05, 3.63) is 92.2 Å². The van der Waals surface area contributed by atoms with Gasteiger partial charge in [0.1, 0.15) is 0 Å². The van der Waals surface area contributed by atoms with Gasteiger partial charge in [-0.25, -0.2) is 5.43 Å². The molecular formula is C21H18N4O4S. The van der Waals surface area contributed by atoms with Crippen LogP contribution in [0.5, 0.6) is 0 Å². The summed E-state index contributed by atoms with van der Waals surface area (Å²) >= 11 is 1.36. The van der Waals surface area contributed by atoms with Gasteiger partial charge in [-0.05, 0) is 41.6 Å². The van der Waals surface area contributed by atoms with Crippen LogP contribution in [0.25, 0.3) is 0 Å². The number of anilines is 1. The van der Waals surface area contributed by atoms with Crippen LogP contribution in [0.3, 0.4) is 0 Å². The highest BCUT2D eigenvalue weighted by Gasteiger charge is 2.09. The molecule has 2 aromatic carbocycles. The third kappa shape index (κ3) is 5.58. The number of nitrogens with zero attached hydrogens (tertiary/aromatic N) is 2. The zero-order valence-electron chi connectivity index (χ0n) is 16.0. The van der Waals surface area contributed by atoms with Crippen LogP contribution in [0.1, 0.15) is 27.7 Å². The summed E-state index contributed by atoms with van der Waals surface area (Å²) in [4.78, 5) is 35.1. The minimum atomic E-state index is -0.492. The topological polar surface area (TPSA) is 114 Å². The van der Waals surface area contributed by atoms with Gasteiger partial charge in [-0.1, -0.05) is 30.3 Å². The quantitative estimate of drug-likeness (QED) is 0.340. The number of benzene rings is 2. The normalized spacial score (nSPS) is 11.0. The van der Waals surface area contributed by atoms with Crippen molar-refractivity contribution >= 4 is 40.2 Å². The van der Waals surface area contributed by atoms with Gasteiger partial charge in [0.05, 0.1) is 21.9 Å². The molecule has 0 saturated carbocycles. The lowest BCUT2D eigenvalue weighted by Crippen LogP contribution is -2.21. The van der Waals surface area contributed by atoms with Crippen LogP contribution in [0, 0.1) is 10.1 Å². The fraction of sp³-hybridized carbons (Fsp3) is 0.0952. The first kappa shape index (κ1) is 20.9. The van der Waals surface area contributed by atoms with E-state index in [1.807, 2.05) is 17.5 Å². The number of thiophene rings is 1. The number of amides is 2. The molecule has 2 amide bonds. The van der Waals surface area contributed by atoms with Gasteiger partial charge in [-0.15, -0.1) is 11.3 Å². The Labute approximate surface area is 176 Å². The molecule has 1 aromatic heterocycles. The van der Waals surface area contributed by atoms with Crippen molar-refractivity contribution in [3.63, 3.8) is 0 Å². The summed E-state index contributed by atoms with van der Waals surface area (Å²) in [7, 11) is 0. The first-order chi connectivity index (χ1) is 14.4. The van der Waals surface area contributed by atoms with E-state index in [4.69, 9.17) is 0 Å². The zero-order valence-corrected chi connectivity index (χ0v) is 16.8. The number of non-ortho nitro benzene ring substituents is 1. The Morgan fingerprint density at radius 2 is 1.87 bits per heavy atom. The van der Waals surface area contributed by atoms with Crippen LogP contribution in [0.15, 0.2) is 71.1 Å². The molecule has 152 valence electrons. The molecule has 8 nitrogen and oxygen atoms in total. The van der Waals surface area contributed by atoms with Gasteiger partial charge in [0.25, 0.3) is 11.6 Å². The number of nitrogens with one attached hydrogen (secondary N) is 2. The lowest BCUT2D eigenvalue weighted by atomic mass is 10.1. The molecule has 9 heteroatoms. The van der Waals surface area contributed by atoms with Crippen LogP contribution in [0.2, 0.25) is 0 Å². The van der Waals surface area contributed by atoms with E-state index in [0.717, 1.165) is 5.56 Å². The molecule has 0 radical (unpaired) electrons. The van der Waals surface area contributed by atoms with E-state index in [-0.39, 0.29) is 23.9 Å². The van der Waals surface area contributed by atoms with Crippen LogP contribution in [-0.4, -0.2) is 22.4 Å². The SMILES string of the molecule is CC(=NNC(=O)Cc1ccc([N+](=O)[O-])cc1)c1cccc(NC(=O)c2cccs2)c1. The van der Waals surface area contributed by atoms with E-state index in [1.54, 1.807) is 31.2 Å². The zero-order chi connectivity index (χ0) is 21.5. The summed E-state index contributed by atoms with van der Waals surface area (Å²) in [6.45, 7) is 1.74. The molecule has 0 saturated heterocycles. The fourth-order valence-electron chi connectivity index (χ4n) is 2.59. The second kappa shape index (κ2) is 9.57. The van der Waals surface area contributed by atoms with Crippen LogP contribution in [0.4, 0.5) is 11.4 Å². The molecule has 0 unspecified atom stereocenters. The van der Waals surface area contributed by atoms with Crippen LogP contribution < -0.4 is 10.7 Å². The molecule has 0 aliphatic rings. The van der Waals surface area contributed by atoms with Crippen molar-refractivity contribution in [2.45, 2.75) is 13.3 Å². The monoisotopic (exact) mass is 422 g/mol. The minimum absolute atomic E-state index is 0.0286. The Morgan fingerprint density at radius 1 is 1.10 bits per heavy atom. The molecular weight excluding hydrogens is 404 g/mol. The molecule has 1 heterocycles. The summed E-state index contributed by atoms with van der Waals surface area (Å²) < 4.78 is 0. The van der Waals surface area contributed by atoms with Crippen molar-refractivity contribution in [2.75, 3.05) is 5.32 Å². The molecule has 30 heavy (non-hydrogen) atoms. The van der Waals surface area contributed by atoms with E-state index in [0.29, 0.717) is 21.8 Å². The number of nitro groups is 1. The van der Waals surface area contributed by atoms with Crippen molar-refractivity contribution in [1.82, 2.24) is 5.43 Å². The predicted molar refractivity (Wildman–Crippen MR) is 116 cm³/mol. The molecule has 0 aliphatic heterocycles. The van der Waals surface area contributed by atoms with E-state index in [9.17, 15) is 19.7 Å². The predicted octanol–water partition coefficient (Wildman–Crippen LogP) is 3.99. The Kier molecular flexibility index (Phi) is 6.66. The molecule has 0 spiro atoms. The lowest BCUT2D eigenvalue weighted by Gasteiger charge is -2.07. The molecule has 3 aromatic rings. The Balaban J connectivity index is 1.60. The van der Waals surface area contributed by atoms with E-state index in [2.05, 4.69) is 15.8 Å². The van der Waals surface area contributed by atoms with E-state index < -0.39 is 4.92 Å². The average Bonchev–Trinajstić information content (AvgIpc) is 3.28. The Morgan fingerprint density at radius 3 is 2.53 bits per heavy atom. The summed E-state index contributed by atoms with van der Waals surface area (Å²) in [6, 6.07) is 16.5. The highest BCUT2D eigenvalue weighted by atomic mass is 32.1. The average molecular weight is 422 g/mol. The van der Waals surface area contributed by atoms with E-state index in [1.165, 1.54) is 35.6 Å². The molecule has 0 aliphatic carbocycles.